The van der Waals surface area contributed by atoms with Gasteiger partial charge in [0.05, 0.1) is 0 Å². The number of benzene rings is 1. The summed E-state index contributed by atoms with van der Waals surface area (Å²) in [6.07, 6.45) is 0.563. The Bertz CT molecular complexity index is 257. The molecule has 2 heteroatoms. The summed E-state index contributed by atoms with van der Waals surface area (Å²) in [6, 6.07) is 8.00. The van der Waals surface area contributed by atoms with Crippen LogP contribution in [0.1, 0.15) is 17.3 Å². The molecule has 0 fully saturated rings. The van der Waals surface area contributed by atoms with Crippen molar-refractivity contribution >= 4 is 0 Å². The lowest BCUT2D eigenvalue weighted by Crippen LogP contribution is -2.30. The molecule has 11 heavy (non-hydrogen) atoms. The molecular formula is C9H10N2. The summed E-state index contributed by atoms with van der Waals surface area (Å²) in [5, 5.41) is 2.99. The van der Waals surface area contributed by atoms with E-state index in [9.17, 15) is 5.73 Å². The van der Waals surface area contributed by atoms with E-state index < -0.39 is 6.17 Å². The first-order valence-corrected chi connectivity index (χ1v) is 3.87. The summed E-state index contributed by atoms with van der Waals surface area (Å²) in [6.45, 7) is 0.873. The second-order valence-electron chi connectivity index (χ2n) is 2.81. The predicted octanol–water partition coefficient (Wildman–Crippen LogP) is 0.900. The lowest BCUT2D eigenvalue weighted by Gasteiger charge is -2.21. The van der Waals surface area contributed by atoms with Crippen LogP contribution in [0.5, 0.6) is 0 Å². The maximum Gasteiger partial charge on any atom is 0.119 e. The Hall–Kier alpha value is -0.860. The minimum atomic E-state index is -0.458. The van der Waals surface area contributed by atoms with Crippen molar-refractivity contribution < 1.29 is 0 Å². The minimum Gasteiger partial charge on any atom is -0.295 e. The first-order valence-electron chi connectivity index (χ1n) is 3.87. The predicted molar refractivity (Wildman–Crippen MR) is 43.0 cm³/mol. The van der Waals surface area contributed by atoms with Crippen LogP contribution >= 0.6 is 0 Å². The second-order valence-corrected chi connectivity index (χ2v) is 2.81. The number of hydrogen-bond donors (Lipinski definition) is 1. The standard InChI is InChI=1S/C9H10N2/c10-9-8-4-2-1-3-7(8)5-6-11-9/h1-4,9,11H,5-6H2. The molecule has 0 aliphatic carbocycles. The molecule has 1 unspecified atom stereocenters. The summed E-state index contributed by atoms with van der Waals surface area (Å²) in [4.78, 5) is 0. The van der Waals surface area contributed by atoms with Gasteiger partial charge in [0.1, 0.15) is 6.17 Å². The molecule has 1 heterocycles. The molecule has 2 radical (unpaired) electrons. The van der Waals surface area contributed by atoms with Gasteiger partial charge < -0.3 is 0 Å². The molecule has 0 saturated heterocycles. The number of nitrogens with zero attached hydrogens (tertiary/aromatic N) is 1. The third-order valence-electron chi connectivity index (χ3n) is 2.08. The third kappa shape index (κ3) is 1.15. The van der Waals surface area contributed by atoms with Crippen molar-refractivity contribution in [2.45, 2.75) is 12.6 Å². The molecule has 1 aromatic carbocycles. The fourth-order valence-corrected chi connectivity index (χ4v) is 1.48. The Morgan fingerprint density at radius 1 is 1.36 bits per heavy atom. The summed E-state index contributed by atoms with van der Waals surface area (Å²) in [5.74, 6) is 0. The van der Waals surface area contributed by atoms with Crippen LogP contribution in [-0.4, -0.2) is 6.54 Å². The van der Waals surface area contributed by atoms with E-state index in [0.717, 1.165) is 18.5 Å². The summed E-state index contributed by atoms with van der Waals surface area (Å²) >= 11 is 0. The highest BCUT2D eigenvalue weighted by Crippen LogP contribution is 2.18. The van der Waals surface area contributed by atoms with E-state index in [1.807, 2.05) is 18.2 Å². The molecule has 2 nitrogen and oxygen atoms in total. The van der Waals surface area contributed by atoms with Gasteiger partial charge in [0, 0.05) is 6.54 Å². The average Bonchev–Trinajstić information content (AvgIpc) is 2.06. The van der Waals surface area contributed by atoms with Crippen molar-refractivity contribution in [3.05, 3.63) is 35.4 Å². The zero-order valence-electron chi connectivity index (χ0n) is 6.25. The van der Waals surface area contributed by atoms with Gasteiger partial charge in [0.25, 0.3) is 0 Å². The van der Waals surface area contributed by atoms with Crippen molar-refractivity contribution in [3.63, 3.8) is 0 Å². The highest BCUT2D eigenvalue weighted by atomic mass is 15.0. The van der Waals surface area contributed by atoms with Crippen molar-refractivity contribution in [1.29, 1.82) is 0 Å². The maximum atomic E-state index is 9.45. The van der Waals surface area contributed by atoms with E-state index in [-0.39, 0.29) is 0 Å². The van der Waals surface area contributed by atoms with E-state index >= 15 is 0 Å². The van der Waals surface area contributed by atoms with Gasteiger partial charge in [-0.15, -0.1) is 5.73 Å². The highest BCUT2D eigenvalue weighted by Gasteiger charge is 2.15. The molecule has 0 amide bonds. The molecule has 1 atom stereocenters. The highest BCUT2D eigenvalue weighted by molar-refractivity contribution is 5.31. The molecule has 0 saturated carbocycles. The Morgan fingerprint density at radius 2 is 2.18 bits per heavy atom. The molecule has 0 bridgehead atoms. The lowest BCUT2D eigenvalue weighted by atomic mass is 9.99. The fourth-order valence-electron chi connectivity index (χ4n) is 1.48. The largest absolute Gasteiger partial charge is 0.295 e. The summed E-state index contributed by atoms with van der Waals surface area (Å²) in [5.41, 5.74) is 11.7. The number of fused-ring (bicyclic) bond motifs is 1. The van der Waals surface area contributed by atoms with Crippen LogP contribution in [0.15, 0.2) is 24.3 Å². The molecule has 0 spiro atoms. The smallest absolute Gasteiger partial charge is 0.119 e. The van der Waals surface area contributed by atoms with Crippen LogP contribution in [-0.2, 0) is 6.42 Å². The van der Waals surface area contributed by atoms with Crippen LogP contribution in [0.4, 0.5) is 0 Å². The van der Waals surface area contributed by atoms with Gasteiger partial charge in [-0.1, -0.05) is 24.3 Å². The van der Waals surface area contributed by atoms with Gasteiger partial charge in [0.2, 0.25) is 0 Å². The molecular weight excluding hydrogens is 136 g/mol. The Kier molecular flexibility index (Phi) is 1.64. The van der Waals surface area contributed by atoms with E-state index in [1.165, 1.54) is 5.56 Å². The first-order chi connectivity index (χ1) is 5.38. The van der Waals surface area contributed by atoms with Gasteiger partial charge in [0.15, 0.2) is 0 Å². The molecule has 2 rings (SSSR count). The molecule has 1 aliphatic heterocycles. The molecule has 0 aromatic heterocycles. The quantitative estimate of drug-likeness (QED) is 0.579. The normalized spacial score (nSPS) is 22.8. The Morgan fingerprint density at radius 3 is 3.00 bits per heavy atom. The molecule has 1 N–H and O–H groups in total. The minimum absolute atomic E-state index is 0.458. The van der Waals surface area contributed by atoms with Crippen LogP contribution in [0, 0.1) is 0 Å². The van der Waals surface area contributed by atoms with Crippen LogP contribution in [0.3, 0.4) is 0 Å². The maximum absolute atomic E-state index is 9.45. The zero-order valence-corrected chi connectivity index (χ0v) is 6.25. The van der Waals surface area contributed by atoms with Gasteiger partial charge in [-0.2, -0.15) is 0 Å². The Balaban J connectivity index is 2.44. The van der Waals surface area contributed by atoms with Crippen molar-refractivity contribution in [1.82, 2.24) is 11.1 Å². The third-order valence-corrected chi connectivity index (χ3v) is 2.08. The van der Waals surface area contributed by atoms with Crippen molar-refractivity contribution in [2.24, 2.45) is 0 Å². The Labute approximate surface area is 66.4 Å². The van der Waals surface area contributed by atoms with E-state index in [1.54, 1.807) is 0 Å². The zero-order chi connectivity index (χ0) is 7.68. The summed E-state index contributed by atoms with van der Waals surface area (Å²) < 4.78 is 0. The van der Waals surface area contributed by atoms with E-state index in [2.05, 4.69) is 11.4 Å². The van der Waals surface area contributed by atoms with E-state index in [4.69, 9.17) is 0 Å². The molecule has 56 valence electrons. The number of nitrogens with one attached hydrogen (secondary N) is 1. The SMILES string of the molecule is [N]C1NCCc2ccccc21. The average molecular weight is 146 g/mol. The fraction of sp³-hybridized carbons (Fsp3) is 0.333. The first kappa shape index (κ1) is 6.83. The molecule has 1 aromatic rings. The summed E-state index contributed by atoms with van der Waals surface area (Å²) in [7, 11) is 0. The second kappa shape index (κ2) is 2.64. The van der Waals surface area contributed by atoms with Gasteiger partial charge in [-0.25, -0.2) is 0 Å². The topological polar surface area (TPSA) is 34.3 Å². The van der Waals surface area contributed by atoms with Gasteiger partial charge >= 0.3 is 0 Å². The van der Waals surface area contributed by atoms with Crippen LogP contribution in [0.25, 0.3) is 0 Å². The van der Waals surface area contributed by atoms with Crippen LogP contribution < -0.4 is 11.1 Å². The van der Waals surface area contributed by atoms with Crippen LogP contribution in [0.2, 0.25) is 0 Å². The van der Waals surface area contributed by atoms with E-state index in [0.29, 0.717) is 0 Å². The van der Waals surface area contributed by atoms with Crippen molar-refractivity contribution in [2.75, 3.05) is 6.54 Å². The monoisotopic (exact) mass is 146 g/mol. The number of hydrogen-bond acceptors (Lipinski definition) is 1. The lowest BCUT2D eigenvalue weighted by molar-refractivity contribution is 0.508. The molecule has 1 aliphatic rings. The van der Waals surface area contributed by atoms with Crippen molar-refractivity contribution in [3.8, 4) is 0 Å². The number of rotatable bonds is 0. The van der Waals surface area contributed by atoms with Gasteiger partial charge in [-0.3, -0.25) is 5.32 Å². The van der Waals surface area contributed by atoms with Gasteiger partial charge in [-0.05, 0) is 17.5 Å².